The maximum Gasteiger partial charge on any atom is 0.181 e. The lowest BCUT2D eigenvalue weighted by atomic mass is 10.2. The van der Waals surface area contributed by atoms with Gasteiger partial charge in [-0.25, -0.2) is 4.98 Å². The number of hydrogen-bond acceptors (Lipinski definition) is 4. The summed E-state index contributed by atoms with van der Waals surface area (Å²) in [7, 11) is 0. The van der Waals surface area contributed by atoms with Gasteiger partial charge in [0.1, 0.15) is 0 Å². The first kappa shape index (κ1) is 11.3. The number of nitrogens with two attached hydrogens (primary N) is 2. The van der Waals surface area contributed by atoms with E-state index in [4.69, 9.17) is 11.5 Å². The molecule has 0 radical (unpaired) electrons. The zero-order valence-corrected chi connectivity index (χ0v) is 10.2. The topological polar surface area (TPSA) is 93.6 Å². The van der Waals surface area contributed by atoms with Gasteiger partial charge < -0.3 is 11.5 Å². The molecule has 0 bridgehead atoms. The zero-order chi connectivity index (χ0) is 13.2. The minimum atomic E-state index is 0.624. The summed E-state index contributed by atoms with van der Waals surface area (Å²) in [6, 6.07) is 14.9. The SMILES string of the molecule is Nc1ccc(-c2nc(-c3cccc(N)c3)n[nH]2)cc1. The van der Waals surface area contributed by atoms with Crippen molar-refractivity contribution in [1.82, 2.24) is 15.2 Å². The molecule has 0 aliphatic carbocycles. The molecule has 0 amide bonds. The van der Waals surface area contributed by atoms with Gasteiger partial charge in [0, 0.05) is 22.5 Å². The molecular formula is C14H13N5. The second-order valence-corrected chi connectivity index (χ2v) is 4.26. The molecular weight excluding hydrogens is 238 g/mol. The fraction of sp³-hybridized carbons (Fsp3) is 0. The van der Waals surface area contributed by atoms with Crippen LogP contribution in [0.25, 0.3) is 22.8 Å². The van der Waals surface area contributed by atoms with Gasteiger partial charge in [0.2, 0.25) is 0 Å². The van der Waals surface area contributed by atoms with Gasteiger partial charge >= 0.3 is 0 Å². The summed E-state index contributed by atoms with van der Waals surface area (Å²) < 4.78 is 0. The largest absolute Gasteiger partial charge is 0.399 e. The average molecular weight is 251 g/mol. The Labute approximate surface area is 110 Å². The van der Waals surface area contributed by atoms with Crippen molar-refractivity contribution in [2.45, 2.75) is 0 Å². The van der Waals surface area contributed by atoms with Crippen molar-refractivity contribution >= 4 is 11.4 Å². The Kier molecular flexibility index (Phi) is 2.64. The fourth-order valence-electron chi connectivity index (χ4n) is 1.84. The van der Waals surface area contributed by atoms with Gasteiger partial charge in [-0.3, -0.25) is 5.10 Å². The zero-order valence-electron chi connectivity index (χ0n) is 10.2. The van der Waals surface area contributed by atoms with Crippen LogP contribution >= 0.6 is 0 Å². The number of nitrogen functional groups attached to an aromatic ring is 2. The van der Waals surface area contributed by atoms with E-state index in [1.165, 1.54) is 0 Å². The molecule has 94 valence electrons. The van der Waals surface area contributed by atoms with Gasteiger partial charge in [-0.05, 0) is 36.4 Å². The Morgan fingerprint density at radius 1 is 0.842 bits per heavy atom. The Morgan fingerprint density at radius 3 is 2.37 bits per heavy atom. The highest BCUT2D eigenvalue weighted by atomic mass is 15.2. The lowest BCUT2D eigenvalue weighted by molar-refractivity contribution is 1.10. The van der Waals surface area contributed by atoms with Crippen molar-refractivity contribution in [3.63, 3.8) is 0 Å². The van der Waals surface area contributed by atoms with Crippen molar-refractivity contribution in [3.05, 3.63) is 48.5 Å². The van der Waals surface area contributed by atoms with Gasteiger partial charge in [-0.1, -0.05) is 12.1 Å². The van der Waals surface area contributed by atoms with Crippen LogP contribution in [0.2, 0.25) is 0 Å². The summed E-state index contributed by atoms with van der Waals surface area (Å²) in [6.45, 7) is 0. The minimum Gasteiger partial charge on any atom is -0.399 e. The van der Waals surface area contributed by atoms with Crippen molar-refractivity contribution in [1.29, 1.82) is 0 Å². The molecule has 3 rings (SSSR count). The summed E-state index contributed by atoms with van der Waals surface area (Å²) in [5, 5.41) is 7.12. The highest BCUT2D eigenvalue weighted by molar-refractivity contribution is 5.65. The predicted octanol–water partition coefficient (Wildman–Crippen LogP) is 2.30. The van der Waals surface area contributed by atoms with Crippen molar-refractivity contribution in [2.75, 3.05) is 11.5 Å². The number of nitrogens with zero attached hydrogens (tertiary/aromatic N) is 2. The molecule has 0 unspecified atom stereocenters. The number of rotatable bonds is 2. The molecule has 3 aromatic rings. The third-order valence-electron chi connectivity index (χ3n) is 2.81. The smallest absolute Gasteiger partial charge is 0.181 e. The first-order valence-electron chi connectivity index (χ1n) is 5.86. The molecule has 19 heavy (non-hydrogen) atoms. The highest BCUT2D eigenvalue weighted by Gasteiger charge is 2.07. The predicted molar refractivity (Wildman–Crippen MR) is 76.1 cm³/mol. The van der Waals surface area contributed by atoms with E-state index in [-0.39, 0.29) is 0 Å². The van der Waals surface area contributed by atoms with Gasteiger partial charge in [-0.15, -0.1) is 0 Å². The van der Waals surface area contributed by atoms with Crippen molar-refractivity contribution in [2.24, 2.45) is 0 Å². The van der Waals surface area contributed by atoms with Crippen LogP contribution in [0.4, 0.5) is 11.4 Å². The van der Waals surface area contributed by atoms with Crippen LogP contribution in [0, 0.1) is 0 Å². The van der Waals surface area contributed by atoms with Crippen LogP contribution in [0.1, 0.15) is 0 Å². The Hall–Kier alpha value is -2.82. The first-order chi connectivity index (χ1) is 9.22. The molecule has 0 aliphatic rings. The fourth-order valence-corrected chi connectivity index (χ4v) is 1.84. The molecule has 2 aromatic carbocycles. The van der Waals surface area contributed by atoms with E-state index in [1.807, 2.05) is 48.5 Å². The van der Waals surface area contributed by atoms with E-state index < -0.39 is 0 Å². The molecule has 0 saturated heterocycles. The van der Waals surface area contributed by atoms with Crippen LogP contribution in [-0.4, -0.2) is 15.2 Å². The van der Waals surface area contributed by atoms with Crippen LogP contribution < -0.4 is 11.5 Å². The molecule has 0 atom stereocenters. The second-order valence-electron chi connectivity index (χ2n) is 4.26. The number of aromatic nitrogens is 3. The summed E-state index contributed by atoms with van der Waals surface area (Å²) in [5.41, 5.74) is 14.6. The van der Waals surface area contributed by atoms with Crippen LogP contribution in [0.5, 0.6) is 0 Å². The van der Waals surface area contributed by atoms with Gasteiger partial charge in [0.15, 0.2) is 11.6 Å². The van der Waals surface area contributed by atoms with E-state index in [1.54, 1.807) is 0 Å². The van der Waals surface area contributed by atoms with E-state index in [2.05, 4.69) is 15.2 Å². The molecule has 5 heteroatoms. The number of nitrogens with one attached hydrogen (secondary N) is 1. The number of H-pyrrole nitrogens is 1. The number of anilines is 2. The molecule has 5 nitrogen and oxygen atoms in total. The number of aromatic amines is 1. The van der Waals surface area contributed by atoms with Crippen LogP contribution in [0.3, 0.4) is 0 Å². The van der Waals surface area contributed by atoms with Gasteiger partial charge in [-0.2, -0.15) is 5.10 Å². The molecule has 1 aromatic heterocycles. The van der Waals surface area contributed by atoms with Crippen molar-refractivity contribution < 1.29 is 0 Å². The van der Waals surface area contributed by atoms with Gasteiger partial charge in [0.25, 0.3) is 0 Å². The second kappa shape index (κ2) is 4.45. The summed E-state index contributed by atoms with van der Waals surface area (Å²) in [4.78, 5) is 4.46. The van der Waals surface area contributed by atoms with E-state index in [0.29, 0.717) is 17.3 Å². The average Bonchev–Trinajstić information content (AvgIpc) is 2.89. The molecule has 0 saturated carbocycles. The van der Waals surface area contributed by atoms with E-state index >= 15 is 0 Å². The summed E-state index contributed by atoms with van der Waals surface area (Å²) in [5.74, 6) is 1.33. The molecule has 1 heterocycles. The molecule has 0 spiro atoms. The Bertz CT molecular complexity index is 700. The molecule has 5 N–H and O–H groups in total. The minimum absolute atomic E-state index is 0.624. The van der Waals surface area contributed by atoms with E-state index in [0.717, 1.165) is 16.8 Å². The molecule has 0 fully saturated rings. The quantitative estimate of drug-likeness (QED) is 0.609. The van der Waals surface area contributed by atoms with E-state index in [9.17, 15) is 0 Å². The number of hydrogen-bond donors (Lipinski definition) is 3. The highest BCUT2D eigenvalue weighted by Crippen LogP contribution is 2.21. The van der Waals surface area contributed by atoms with Gasteiger partial charge in [0.05, 0.1) is 0 Å². The third-order valence-corrected chi connectivity index (χ3v) is 2.81. The summed E-state index contributed by atoms with van der Waals surface area (Å²) in [6.07, 6.45) is 0. The number of benzene rings is 2. The lowest BCUT2D eigenvalue weighted by Gasteiger charge is -1.97. The Morgan fingerprint density at radius 2 is 1.63 bits per heavy atom. The Balaban J connectivity index is 1.97. The van der Waals surface area contributed by atoms with Crippen LogP contribution in [0.15, 0.2) is 48.5 Å². The van der Waals surface area contributed by atoms with Crippen LogP contribution in [-0.2, 0) is 0 Å². The monoisotopic (exact) mass is 251 g/mol. The lowest BCUT2D eigenvalue weighted by Crippen LogP contribution is -1.86. The normalized spacial score (nSPS) is 10.5. The summed E-state index contributed by atoms with van der Waals surface area (Å²) >= 11 is 0. The molecule has 0 aliphatic heterocycles. The third kappa shape index (κ3) is 2.26. The first-order valence-corrected chi connectivity index (χ1v) is 5.86. The van der Waals surface area contributed by atoms with Crippen molar-refractivity contribution in [3.8, 4) is 22.8 Å². The maximum absolute atomic E-state index is 5.75. The standard InChI is InChI=1S/C14H13N5/c15-11-6-4-9(5-7-11)13-17-14(19-18-13)10-2-1-3-12(16)8-10/h1-8H,15-16H2,(H,17,18,19). The maximum atomic E-state index is 5.75.